The molecule has 0 aliphatic heterocycles. The van der Waals surface area contributed by atoms with E-state index in [9.17, 15) is 10.1 Å². The summed E-state index contributed by atoms with van der Waals surface area (Å²) in [7, 11) is 0. The predicted octanol–water partition coefficient (Wildman–Crippen LogP) is 5.13. The van der Waals surface area contributed by atoms with Crippen LogP contribution in [0.1, 0.15) is 5.56 Å². The van der Waals surface area contributed by atoms with E-state index in [0.29, 0.717) is 38.0 Å². The molecule has 130 valence electrons. The van der Waals surface area contributed by atoms with E-state index in [2.05, 4.69) is 9.97 Å². The number of benzene rings is 2. The van der Waals surface area contributed by atoms with Crippen LogP contribution in [0.5, 0.6) is 11.5 Å². The van der Waals surface area contributed by atoms with Crippen molar-refractivity contribution < 1.29 is 4.74 Å². The highest BCUT2D eigenvalue weighted by Crippen LogP contribution is 2.31. The van der Waals surface area contributed by atoms with Crippen LogP contribution in [0.4, 0.5) is 0 Å². The predicted molar refractivity (Wildman–Crippen MR) is 103 cm³/mol. The van der Waals surface area contributed by atoms with Gasteiger partial charge in [-0.2, -0.15) is 5.26 Å². The van der Waals surface area contributed by atoms with Crippen LogP contribution >= 0.6 is 35.0 Å². The Morgan fingerprint density at radius 3 is 2.62 bits per heavy atom. The van der Waals surface area contributed by atoms with Crippen molar-refractivity contribution >= 4 is 35.0 Å². The average molecular weight is 404 g/mol. The second-order valence-electron chi connectivity index (χ2n) is 5.12. The number of thioether (sulfide) groups is 1. The van der Waals surface area contributed by atoms with Gasteiger partial charge < -0.3 is 9.72 Å². The quantitative estimate of drug-likeness (QED) is 0.482. The minimum Gasteiger partial charge on any atom is -0.457 e. The van der Waals surface area contributed by atoms with Gasteiger partial charge in [0.2, 0.25) is 0 Å². The summed E-state index contributed by atoms with van der Waals surface area (Å²) in [5.41, 5.74) is 0.382. The van der Waals surface area contributed by atoms with Crippen LogP contribution in [-0.2, 0) is 0 Å². The second-order valence-corrected chi connectivity index (χ2v) is 6.73. The topological polar surface area (TPSA) is 78.8 Å². The summed E-state index contributed by atoms with van der Waals surface area (Å²) in [6.07, 6.45) is 1.79. The van der Waals surface area contributed by atoms with Crippen molar-refractivity contribution in [2.24, 2.45) is 0 Å². The van der Waals surface area contributed by atoms with Crippen LogP contribution in [0.2, 0.25) is 10.0 Å². The molecule has 3 aromatic rings. The molecule has 8 heteroatoms. The van der Waals surface area contributed by atoms with Crippen molar-refractivity contribution in [2.45, 2.75) is 5.16 Å². The molecule has 0 radical (unpaired) electrons. The van der Waals surface area contributed by atoms with Gasteiger partial charge in [-0.25, -0.2) is 4.98 Å². The van der Waals surface area contributed by atoms with Gasteiger partial charge in [0.25, 0.3) is 5.56 Å². The Labute approximate surface area is 163 Å². The molecule has 3 rings (SSSR count). The molecular formula is C18H11Cl2N3O2S. The highest BCUT2D eigenvalue weighted by Gasteiger charge is 2.14. The van der Waals surface area contributed by atoms with Crippen molar-refractivity contribution in [3.05, 3.63) is 68.4 Å². The molecule has 0 saturated heterocycles. The fourth-order valence-corrected chi connectivity index (χ4v) is 2.91. The number of rotatable bonds is 4. The number of halogens is 2. The molecule has 0 bridgehead atoms. The number of aromatic nitrogens is 2. The van der Waals surface area contributed by atoms with E-state index >= 15 is 0 Å². The van der Waals surface area contributed by atoms with Crippen LogP contribution < -0.4 is 10.3 Å². The van der Waals surface area contributed by atoms with E-state index in [0.717, 1.165) is 0 Å². The van der Waals surface area contributed by atoms with E-state index in [-0.39, 0.29) is 5.56 Å². The standard InChI is InChI=1S/C18H11Cl2N3O2S/c1-26-18-22-16(13(9-21)17(24)23-18)10-3-2-4-11(7-10)25-12-5-6-14(19)15(20)8-12/h2-8H,1H3,(H,22,23,24). The monoisotopic (exact) mass is 403 g/mol. The molecule has 5 nitrogen and oxygen atoms in total. The zero-order valence-corrected chi connectivity index (χ0v) is 15.7. The Morgan fingerprint density at radius 1 is 1.15 bits per heavy atom. The highest BCUT2D eigenvalue weighted by molar-refractivity contribution is 7.98. The first-order valence-electron chi connectivity index (χ1n) is 7.33. The fraction of sp³-hybridized carbons (Fsp3) is 0.0556. The van der Waals surface area contributed by atoms with Crippen LogP contribution in [0.3, 0.4) is 0 Å². The molecule has 2 aromatic carbocycles. The van der Waals surface area contributed by atoms with Crippen molar-refractivity contribution in [3.8, 4) is 28.8 Å². The van der Waals surface area contributed by atoms with E-state index in [1.54, 1.807) is 48.7 Å². The maximum absolute atomic E-state index is 12.1. The number of hydrogen-bond acceptors (Lipinski definition) is 5. The molecular weight excluding hydrogens is 393 g/mol. The first-order valence-corrected chi connectivity index (χ1v) is 9.31. The number of ether oxygens (including phenoxy) is 1. The molecule has 0 fully saturated rings. The molecule has 0 unspecified atom stereocenters. The van der Waals surface area contributed by atoms with Gasteiger partial charge in [0, 0.05) is 11.6 Å². The largest absolute Gasteiger partial charge is 0.457 e. The lowest BCUT2D eigenvalue weighted by Crippen LogP contribution is -2.14. The minimum absolute atomic E-state index is 0.0468. The third kappa shape index (κ3) is 3.86. The zero-order chi connectivity index (χ0) is 18.7. The van der Waals surface area contributed by atoms with Crippen molar-refractivity contribution in [1.29, 1.82) is 5.26 Å². The maximum Gasteiger partial charge on any atom is 0.270 e. The lowest BCUT2D eigenvalue weighted by Gasteiger charge is -2.09. The summed E-state index contributed by atoms with van der Waals surface area (Å²) in [4.78, 5) is 19.0. The minimum atomic E-state index is -0.474. The molecule has 1 heterocycles. The van der Waals surface area contributed by atoms with Crippen LogP contribution in [0, 0.1) is 11.3 Å². The van der Waals surface area contributed by atoms with Crippen molar-refractivity contribution in [3.63, 3.8) is 0 Å². The third-order valence-corrected chi connectivity index (χ3v) is 4.76. The summed E-state index contributed by atoms with van der Waals surface area (Å²) >= 11 is 13.2. The molecule has 0 saturated carbocycles. The summed E-state index contributed by atoms with van der Waals surface area (Å²) < 4.78 is 5.79. The summed E-state index contributed by atoms with van der Waals surface area (Å²) in [5, 5.41) is 10.6. The second kappa shape index (κ2) is 7.83. The number of nitriles is 1. The lowest BCUT2D eigenvalue weighted by molar-refractivity contribution is 0.483. The third-order valence-electron chi connectivity index (χ3n) is 3.44. The van der Waals surface area contributed by atoms with Gasteiger partial charge in [-0.15, -0.1) is 0 Å². The molecule has 26 heavy (non-hydrogen) atoms. The van der Waals surface area contributed by atoms with Gasteiger partial charge in [-0.05, 0) is 30.5 Å². The Balaban J connectivity index is 2.02. The highest BCUT2D eigenvalue weighted by atomic mass is 35.5. The van der Waals surface area contributed by atoms with Crippen LogP contribution in [0.15, 0.2) is 52.4 Å². The van der Waals surface area contributed by atoms with Gasteiger partial charge in [0.15, 0.2) is 5.16 Å². The number of H-pyrrole nitrogens is 1. The molecule has 0 aliphatic carbocycles. The molecule has 0 spiro atoms. The van der Waals surface area contributed by atoms with Gasteiger partial charge in [-0.3, -0.25) is 4.79 Å². The van der Waals surface area contributed by atoms with Gasteiger partial charge >= 0.3 is 0 Å². The fourth-order valence-electron chi connectivity index (χ4n) is 2.25. The molecule has 1 N–H and O–H groups in total. The molecule has 0 amide bonds. The Kier molecular flexibility index (Phi) is 5.52. The number of hydrogen-bond donors (Lipinski definition) is 1. The van der Waals surface area contributed by atoms with E-state index in [1.807, 2.05) is 6.07 Å². The van der Waals surface area contributed by atoms with E-state index in [1.165, 1.54) is 11.8 Å². The zero-order valence-electron chi connectivity index (χ0n) is 13.4. The summed E-state index contributed by atoms with van der Waals surface area (Å²) in [5.74, 6) is 1.03. The number of nitrogens with zero attached hydrogens (tertiary/aromatic N) is 2. The van der Waals surface area contributed by atoms with Crippen LogP contribution in [0.25, 0.3) is 11.3 Å². The first-order chi connectivity index (χ1) is 12.5. The van der Waals surface area contributed by atoms with E-state index < -0.39 is 5.56 Å². The number of aromatic amines is 1. The van der Waals surface area contributed by atoms with E-state index in [4.69, 9.17) is 27.9 Å². The Bertz CT molecular complexity index is 1080. The molecule has 0 atom stereocenters. The van der Waals surface area contributed by atoms with Crippen LogP contribution in [-0.4, -0.2) is 16.2 Å². The lowest BCUT2D eigenvalue weighted by atomic mass is 10.1. The Hall–Kier alpha value is -2.46. The van der Waals surface area contributed by atoms with Gasteiger partial charge in [-0.1, -0.05) is 47.1 Å². The Morgan fingerprint density at radius 2 is 1.92 bits per heavy atom. The molecule has 1 aromatic heterocycles. The normalized spacial score (nSPS) is 10.4. The summed E-state index contributed by atoms with van der Waals surface area (Å²) in [6, 6.07) is 13.8. The smallest absolute Gasteiger partial charge is 0.270 e. The van der Waals surface area contributed by atoms with Crippen molar-refractivity contribution in [2.75, 3.05) is 6.26 Å². The SMILES string of the molecule is CSc1nc(-c2cccc(Oc3ccc(Cl)c(Cl)c3)c2)c(C#N)c(=O)[nH]1. The summed E-state index contributed by atoms with van der Waals surface area (Å²) in [6.45, 7) is 0. The molecule has 0 aliphatic rings. The number of nitrogens with one attached hydrogen (secondary N) is 1. The maximum atomic E-state index is 12.1. The van der Waals surface area contributed by atoms with Crippen molar-refractivity contribution in [1.82, 2.24) is 9.97 Å². The first kappa shape index (κ1) is 18.3. The average Bonchev–Trinajstić information content (AvgIpc) is 2.64. The van der Waals surface area contributed by atoms with Gasteiger partial charge in [0.05, 0.1) is 15.7 Å². The van der Waals surface area contributed by atoms with Gasteiger partial charge in [0.1, 0.15) is 23.1 Å².